The van der Waals surface area contributed by atoms with Crippen molar-refractivity contribution < 1.29 is 0 Å². The van der Waals surface area contributed by atoms with Crippen LogP contribution in [0.5, 0.6) is 0 Å². The minimum Gasteiger partial charge on any atom is -0.369 e. The summed E-state index contributed by atoms with van der Waals surface area (Å²) < 4.78 is 0. The Labute approximate surface area is 103 Å². The number of rotatable bonds is 6. The van der Waals surface area contributed by atoms with Gasteiger partial charge in [-0.25, -0.2) is 4.98 Å². The van der Waals surface area contributed by atoms with E-state index in [1.807, 2.05) is 6.20 Å². The zero-order valence-corrected chi connectivity index (χ0v) is 10.8. The van der Waals surface area contributed by atoms with Gasteiger partial charge >= 0.3 is 0 Å². The summed E-state index contributed by atoms with van der Waals surface area (Å²) in [6.45, 7) is 7.26. The third-order valence-electron chi connectivity index (χ3n) is 3.39. The van der Waals surface area contributed by atoms with Crippen molar-refractivity contribution >= 4 is 11.6 Å². The number of nitrogens with zero attached hydrogens (tertiary/aromatic N) is 3. The third-order valence-corrected chi connectivity index (χ3v) is 3.39. The van der Waals surface area contributed by atoms with E-state index in [-0.39, 0.29) is 0 Å². The van der Waals surface area contributed by atoms with Gasteiger partial charge in [0.05, 0.1) is 12.4 Å². The van der Waals surface area contributed by atoms with Gasteiger partial charge in [0.2, 0.25) is 0 Å². The van der Waals surface area contributed by atoms with Gasteiger partial charge in [0.15, 0.2) is 0 Å². The molecule has 0 unspecified atom stereocenters. The van der Waals surface area contributed by atoms with Crippen LogP contribution in [0.4, 0.5) is 11.6 Å². The fourth-order valence-corrected chi connectivity index (χ4v) is 2.15. The predicted molar refractivity (Wildman–Crippen MR) is 71.4 cm³/mol. The molecule has 0 radical (unpaired) electrons. The fourth-order valence-electron chi connectivity index (χ4n) is 2.15. The molecule has 1 N–H and O–H groups in total. The summed E-state index contributed by atoms with van der Waals surface area (Å²) in [4.78, 5) is 11.2. The van der Waals surface area contributed by atoms with E-state index >= 15 is 0 Å². The van der Waals surface area contributed by atoms with Crippen LogP contribution in [0.25, 0.3) is 0 Å². The van der Waals surface area contributed by atoms with Crippen molar-refractivity contribution in [3.63, 3.8) is 0 Å². The Morgan fingerprint density at radius 1 is 1.35 bits per heavy atom. The molecular formula is C13H22N4. The van der Waals surface area contributed by atoms with Gasteiger partial charge in [0.25, 0.3) is 0 Å². The average molecular weight is 234 g/mol. The molecule has 1 aliphatic rings. The molecule has 2 rings (SSSR count). The van der Waals surface area contributed by atoms with Crippen LogP contribution in [0.3, 0.4) is 0 Å². The quantitative estimate of drug-likeness (QED) is 0.821. The average Bonchev–Trinajstić information content (AvgIpc) is 2.29. The first-order valence-corrected chi connectivity index (χ1v) is 6.64. The summed E-state index contributed by atoms with van der Waals surface area (Å²) in [7, 11) is 0. The topological polar surface area (TPSA) is 41.1 Å². The maximum Gasteiger partial charge on any atom is 0.149 e. The summed E-state index contributed by atoms with van der Waals surface area (Å²) in [5.74, 6) is 2.73. The predicted octanol–water partition coefficient (Wildman–Crippen LogP) is 2.53. The van der Waals surface area contributed by atoms with Crippen molar-refractivity contribution in [1.82, 2.24) is 9.97 Å². The van der Waals surface area contributed by atoms with Crippen LogP contribution in [-0.2, 0) is 0 Å². The molecule has 0 saturated heterocycles. The van der Waals surface area contributed by atoms with Crippen LogP contribution in [0.2, 0.25) is 0 Å². The zero-order chi connectivity index (χ0) is 12.1. The maximum atomic E-state index is 4.60. The Kier molecular flexibility index (Phi) is 4.18. The van der Waals surface area contributed by atoms with Gasteiger partial charge < -0.3 is 10.2 Å². The van der Waals surface area contributed by atoms with Crippen molar-refractivity contribution in [2.45, 2.75) is 33.1 Å². The van der Waals surface area contributed by atoms with Gasteiger partial charge in [-0.1, -0.05) is 6.42 Å². The number of nitrogens with one attached hydrogen (secondary N) is 1. The zero-order valence-electron chi connectivity index (χ0n) is 10.8. The van der Waals surface area contributed by atoms with E-state index in [4.69, 9.17) is 0 Å². The molecule has 1 aromatic rings. The Morgan fingerprint density at radius 2 is 2.18 bits per heavy atom. The lowest BCUT2D eigenvalue weighted by molar-refractivity contribution is 0.318. The van der Waals surface area contributed by atoms with E-state index in [1.54, 1.807) is 6.20 Å². The molecule has 17 heavy (non-hydrogen) atoms. The number of hydrogen-bond donors (Lipinski definition) is 1. The van der Waals surface area contributed by atoms with Gasteiger partial charge in [-0.15, -0.1) is 0 Å². The molecule has 1 saturated carbocycles. The highest BCUT2D eigenvalue weighted by Gasteiger charge is 2.20. The molecule has 0 amide bonds. The maximum absolute atomic E-state index is 4.60. The first-order valence-electron chi connectivity index (χ1n) is 6.64. The molecule has 1 heterocycles. The van der Waals surface area contributed by atoms with Crippen LogP contribution in [0.15, 0.2) is 12.4 Å². The lowest BCUT2D eigenvalue weighted by Crippen LogP contribution is -2.33. The van der Waals surface area contributed by atoms with E-state index < -0.39 is 0 Å². The van der Waals surface area contributed by atoms with E-state index in [2.05, 4.69) is 34.0 Å². The lowest BCUT2D eigenvalue weighted by atomic mass is 9.85. The Morgan fingerprint density at radius 3 is 2.76 bits per heavy atom. The Bertz CT molecular complexity index is 349. The Balaban J connectivity index is 2.03. The Hall–Kier alpha value is -1.32. The van der Waals surface area contributed by atoms with Crippen molar-refractivity contribution in [1.29, 1.82) is 0 Å². The van der Waals surface area contributed by atoms with Gasteiger partial charge in [-0.05, 0) is 32.6 Å². The van der Waals surface area contributed by atoms with Gasteiger partial charge in [-0.3, -0.25) is 4.98 Å². The van der Waals surface area contributed by atoms with Crippen molar-refractivity contribution in [2.75, 3.05) is 29.9 Å². The minimum absolute atomic E-state index is 0.861. The summed E-state index contributed by atoms with van der Waals surface area (Å²) in [6, 6.07) is 0. The van der Waals surface area contributed by atoms with Crippen LogP contribution >= 0.6 is 0 Å². The highest BCUT2D eigenvalue weighted by Crippen LogP contribution is 2.28. The van der Waals surface area contributed by atoms with E-state index in [9.17, 15) is 0 Å². The molecule has 1 fully saturated rings. The molecule has 4 heteroatoms. The molecule has 1 aliphatic carbocycles. The first-order chi connectivity index (χ1) is 8.33. The molecule has 0 spiro atoms. The van der Waals surface area contributed by atoms with Crippen LogP contribution < -0.4 is 10.2 Å². The standard InChI is InChI=1S/C13H22N4/c1-3-15-12-8-14-9-13(16-12)17(4-2)10-11-6-5-7-11/h8-9,11H,3-7,10H2,1-2H3,(H,15,16). The van der Waals surface area contributed by atoms with Crippen LogP contribution in [0, 0.1) is 5.92 Å². The monoisotopic (exact) mass is 234 g/mol. The van der Waals surface area contributed by atoms with Crippen LogP contribution in [0.1, 0.15) is 33.1 Å². The highest BCUT2D eigenvalue weighted by atomic mass is 15.2. The SMILES string of the molecule is CCNc1cncc(N(CC)CC2CCC2)n1. The summed E-state index contributed by atoms with van der Waals surface area (Å²) in [6.07, 6.45) is 7.78. The molecule has 0 aromatic carbocycles. The molecule has 94 valence electrons. The van der Waals surface area contributed by atoms with Gasteiger partial charge in [0, 0.05) is 19.6 Å². The van der Waals surface area contributed by atoms with Crippen molar-refractivity contribution in [2.24, 2.45) is 5.92 Å². The molecular weight excluding hydrogens is 212 g/mol. The molecule has 4 nitrogen and oxygen atoms in total. The summed E-state index contributed by atoms with van der Waals surface area (Å²) >= 11 is 0. The van der Waals surface area contributed by atoms with Gasteiger partial charge in [0.1, 0.15) is 11.6 Å². The second-order valence-electron chi connectivity index (χ2n) is 4.63. The second kappa shape index (κ2) is 5.84. The van der Waals surface area contributed by atoms with Crippen molar-refractivity contribution in [3.8, 4) is 0 Å². The number of anilines is 2. The van der Waals surface area contributed by atoms with E-state index in [0.717, 1.165) is 37.2 Å². The molecule has 0 bridgehead atoms. The minimum atomic E-state index is 0.861. The van der Waals surface area contributed by atoms with Crippen LogP contribution in [-0.4, -0.2) is 29.6 Å². The van der Waals surface area contributed by atoms with Crippen molar-refractivity contribution in [3.05, 3.63) is 12.4 Å². The second-order valence-corrected chi connectivity index (χ2v) is 4.63. The van der Waals surface area contributed by atoms with E-state index in [1.165, 1.54) is 19.3 Å². The number of aromatic nitrogens is 2. The fraction of sp³-hybridized carbons (Fsp3) is 0.692. The normalized spacial score (nSPS) is 15.4. The first kappa shape index (κ1) is 12.1. The molecule has 1 aromatic heterocycles. The third kappa shape index (κ3) is 3.08. The number of hydrogen-bond acceptors (Lipinski definition) is 4. The largest absolute Gasteiger partial charge is 0.369 e. The lowest BCUT2D eigenvalue weighted by Gasteiger charge is -2.32. The molecule has 0 atom stereocenters. The van der Waals surface area contributed by atoms with E-state index in [0.29, 0.717) is 0 Å². The summed E-state index contributed by atoms with van der Waals surface area (Å²) in [5.41, 5.74) is 0. The molecule has 0 aliphatic heterocycles. The summed E-state index contributed by atoms with van der Waals surface area (Å²) in [5, 5.41) is 3.21. The highest BCUT2D eigenvalue weighted by molar-refractivity contribution is 5.43. The van der Waals surface area contributed by atoms with Gasteiger partial charge in [-0.2, -0.15) is 0 Å². The smallest absolute Gasteiger partial charge is 0.149 e.